The molecule has 0 aliphatic carbocycles. The third-order valence-corrected chi connectivity index (χ3v) is 0.632. The van der Waals surface area contributed by atoms with Gasteiger partial charge in [0, 0.05) is 0 Å². The van der Waals surface area contributed by atoms with Crippen molar-refractivity contribution in [1.82, 2.24) is 4.90 Å². The van der Waals surface area contributed by atoms with Crippen molar-refractivity contribution in [2.45, 2.75) is 6.92 Å². The summed E-state index contributed by atoms with van der Waals surface area (Å²) in [5.41, 5.74) is 0. The molecule has 0 aliphatic heterocycles. The van der Waals surface area contributed by atoms with E-state index in [2.05, 4.69) is 25.9 Å². The van der Waals surface area contributed by atoms with Crippen LogP contribution in [0.2, 0.25) is 0 Å². The monoisotopic (exact) mass is 181 g/mol. The Morgan fingerprint density at radius 1 is 1.00 bits per heavy atom. The van der Waals surface area contributed by atoms with E-state index in [9.17, 15) is 0 Å². The molecule has 0 spiro atoms. The highest BCUT2D eigenvalue weighted by molar-refractivity contribution is 5.86. The summed E-state index contributed by atoms with van der Waals surface area (Å²) in [5, 5.41) is 0. The number of hydrogen-bond donors (Lipinski definition) is 0. The summed E-state index contributed by atoms with van der Waals surface area (Å²) in [6.45, 7) is 3.26. The molecular weight excluding hydrogens is 168 g/mol. The minimum atomic E-state index is 0. The lowest BCUT2D eigenvalue weighted by Gasteiger charge is -2.00. The Kier molecular flexibility index (Phi) is 45.4. The molecule has 8 heavy (non-hydrogen) atoms. The Morgan fingerprint density at radius 3 is 1.12 bits per heavy atom. The van der Waals surface area contributed by atoms with Crippen LogP contribution in [0.4, 0.5) is 0 Å². The van der Waals surface area contributed by atoms with Crippen molar-refractivity contribution in [1.29, 1.82) is 0 Å². The largest absolute Gasteiger partial charge is 0.310 e. The van der Waals surface area contributed by atoms with E-state index in [-0.39, 0.29) is 37.2 Å². The van der Waals surface area contributed by atoms with Crippen molar-refractivity contribution in [3.05, 3.63) is 0 Å². The zero-order valence-electron chi connectivity index (χ0n) is 5.38. The first-order valence-electron chi connectivity index (χ1n) is 1.92. The lowest BCUT2D eigenvalue weighted by Crippen LogP contribution is -2.08. The van der Waals surface area contributed by atoms with Gasteiger partial charge in [-0.15, -0.1) is 37.2 Å². The van der Waals surface area contributed by atoms with Crippen LogP contribution < -0.4 is 0 Å². The Labute approximate surface area is 70.1 Å². The lowest BCUT2D eigenvalue weighted by molar-refractivity contribution is 0.434. The van der Waals surface area contributed by atoms with E-state index in [0.29, 0.717) is 0 Å². The van der Waals surface area contributed by atoms with Crippen LogP contribution in [0.25, 0.3) is 0 Å². The predicted molar refractivity (Wildman–Crippen MR) is 46.0 cm³/mol. The highest BCUT2D eigenvalue weighted by Crippen LogP contribution is 1.63. The van der Waals surface area contributed by atoms with E-state index < -0.39 is 0 Å². The molecule has 0 bridgehead atoms. The van der Waals surface area contributed by atoms with Gasteiger partial charge in [-0.1, -0.05) is 6.92 Å². The van der Waals surface area contributed by atoms with Crippen LogP contribution >= 0.6 is 37.2 Å². The Morgan fingerprint density at radius 2 is 1.12 bits per heavy atom. The van der Waals surface area contributed by atoms with E-state index in [1.807, 2.05) is 0 Å². The van der Waals surface area contributed by atoms with Crippen molar-refractivity contribution < 1.29 is 0 Å². The topological polar surface area (TPSA) is 3.24 Å². The molecule has 0 heterocycles. The fourth-order valence-corrected chi connectivity index (χ4v) is 0. The fourth-order valence-electron chi connectivity index (χ4n) is 0. The van der Waals surface area contributed by atoms with Crippen LogP contribution in [0.15, 0.2) is 0 Å². The third kappa shape index (κ3) is 29.0. The second-order valence-electron chi connectivity index (χ2n) is 1.40. The minimum absolute atomic E-state index is 0. The molecule has 0 fully saturated rings. The number of rotatable bonds is 1. The summed E-state index contributed by atoms with van der Waals surface area (Å²) >= 11 is 0. The van der Waals surface area contributed by atoms with Gasteiger partial charge >= 0.3 is 0 Å². The molecule has 0 amide bonds. The number of nitrogens with zero attached hydrogens (tertiary/aromatic N) is 1. The molecule has 0 N–H and O–H groups in total. The van der Waals surface area contributed by atoms with Gasteiger partial charge in [0.05, 0.1) is 0 Å². The fraction of sp³-hybridized carbons (Fsp3) is 1.00. The van der Waals surface area contributed by atoms with E-state index >= 15 is 0 Å². The highest BCUT2D eigenvalue weighted by atomic mass is 35.5. The third-order valence-electron chi connectivity index (χ3n) is 0.632. The second-order valence-corrected chi connectivity index (χ2v) is 1.40. The van der Waals surface area contributed by atoms with Gasteiger partial charge in [-0.3, -0.25) is 0 Å². The van der Waals surface area contributed by atoms with Crippen LogP contribution in [-0.4, -0.2) is 25.5 Å². The van der Waals surface area contributed by atoms with E-state index in [4.69, 9.17) is 0 Å². The highest BCUT2D eigenvalue weighted by Gasteiger charge is 1.72. The molecule has 1 nitrogen and oxygen atoms in total. The van der Waals surface area contributed by atoms with Crippen LogP contribution in [0, 0.1) is 0 Å². The zero-order chi connectivity index (χ0) is 4.28. The van der Waals surface area contributed by atoms with Crippen molar-refractivity contribution >= 4 is 37.2 Å². The molecule has 0 rings (SSSR count). The molecule has 0 saturated carbocycles. The van der Waals surface area contributed by atoms with Crippen molar-refractivity contribution in [2.75, 3.05) is 20.6 Å². The maximum absolute atomic E-state index is 2.12. The van der Waals surface area contributed by atoms with Gasteiger partial charge in [0.15, 0.2) is 0 Å². The first-order valence-corrected chi connectivity index (χ1v) is 1.92. The summed E-state index contributed by atoms with van der Waals surface area (Å²) in [5.74, 6) is 0. The summed E-state index contributed by atoms with van der Waals surface area (Å²) in [6.07, 6.45) is 0. The average molecular weight is 183 g/mol. The Hall–Kier alpha value is 0.830. The zero-order valence-corrected chi connectivity index (χ0v) is 7.83. The average Bonchev–Trinajstić information content (AvgIpc) is 1.38. The second kappa shape index (κ2) is 15.7. The first-order chi connectivity index (χ1) is 2.27. The summed E-state index contributed by atoms with van der Waals surface area (Å²) in [4.78, 5) is 2.12. The van der Waals surface area contributed by atoms with Gasteiger partial charge < -0.3 is 4.90 Å². The van der Waals surface area contributed by atoms with Crippen LogP contribution in [0.5, 0.6) is 0 Å². The molecule has 0 aromatic heterocycles. The van der Waals surface area contributed by atoms with Gasteiger partial charge in [0.1, 0.15) is 0 Å². The van der Waals surface area contributed by atoms with Crippen molar-refractivity contribution in [3.63, 3.8) is 0 Å². The first kappa shape index (κ1) is 23.2. The van der Waals surface area contributed by atoms with Crippen LogP contribution in [-0.2, 0) is 0 Å². The molecule has 0 aliphatic rings. The van der Waals surface area contributed by atoms with Gasteiger partial charge in [-0.05, 0) is 20.6 Å². The van der Waals surface area contributed by atoms with Crippen LogP contribution in [0.3, 0.4) is 0 Å². The summed E-state index contributed by atoms with van der Waals surface area (Å²) in [7, 11) is 4.11. The molecule has 0 radical (unpaired) electrons. The molecule has 0 saturated heterocycles. The molecule has 0 aromatic rings. The predicted octanol–water partition coefficient (Wildman–Crippen LogP) is 1.83. The molecule has 0 atom stereocenters. The smallest absolute Gasteiger partial charge is 0.00533 e. The van der Waals surface area contributed by atoms with Crippen molar-refractivity contribution in [2.24, 2.45) is 0 Å². The van der Waals surface area contributed by atoms with Crippen molar-refractivity contribution in [3.8, 4) is 0 Å². The normalized spacial score (nSPS) is 6.00. The maximum Gasteiger partial charge on any atom is -0.00533 e. The van der Waals surface area contributed by atoms with E-state index in [0.717, 1.165) is 6.54 Å². The molecule has 0 aromatic carbocycles. The number of halogens is 3. The standard InChI is InChI=1S/C4H11N.3ClH/c1-4-5(2)3;;;/h4H2,1-3H3;3*1H. The summed E-state index contributed by atoms with van der Waals surface area (Å²) in [6, 6.07) is 0. The molecule has 56 valence electrons. The Bertz CT molecular complexity index is 25.2. The van der Waals surface area contributed by atoms with Gasteiger partial charge in [0.2, 0.25) is 0 Å². The van der Waals surface area contributed by atoms with E-state index in [1.54, 1.807) is 0 Å². The van der Waals surface area contributed by atoms with Gasteiger partial charge in [-0.2, -0.15) is 0 Å². The van der Waals surface area contributed by atoms with Crippen LogP contribution in [0.1, 0.15) is 6.92 Å². The van der Waals surface area contributed by atoms with Gasteiger partial charge in [0.25, 0.3) is 0 Å². The molecule has 0 unspecified atom stereocenters. The number of hydrogen-bond acceptors (Lipinski definition) is 1. The molecular formula is C4H14Cl3N. The minimum Gasteiger partial charge on any atom is -0.310 e. The van der Waals surface area contributed by atoms with E-state index in [1.165, 1.54) is 0 Å². The quantitative estimate of drug-likeness (QED) is 0.598. The Balaban J connectivity index is -0.0000000267. The SMILES string of the molecule is CCN(C)C.Cl.Cl.Cl. The maximum atomic E-state index is 2.12. The molecule has 4 heteroatoms. The lowest BCUT2D eigenvalue weighted by atomic mass is 10.7. The summed E-state index contributed by atoms with van der Waals surface area (Å²) < 4.78 is 0. The van der Waals surface area contributed by atoms with Gasteiger partial charge in [-0.25, -0.2) is 0 Å².